The molecule has 0 aliphatic carbocycles. The van der Waals surface area contributed by atoms with E-state index in [1.165, 1.54) is 11.1 Å². The number of likely N-dealkylation sites (tertiary alicyclic amines) is 1. The van der Waals surface area contributed by atoms with Crippen LogP contribution in [0.25, 0.3) is 17.1 Å². The summed E-state index contributed by atoms with van der Waals surface area (Å²) in [6, 6.07) is 15.1. The summed E-state index contributed by atoms with van der Waals surface area (Å²) in [4.78, 5) is 7.18. The van der Waals surface area contributed by atoms with E-state index in [9.17, 15) is 0 Å². The maximum Gasteiger partial charge on any atom is 0.181 e. The van der Waals surface area contributed by atoms with E-state index in [2.05, 4.69) is 78.7 Å². The summed E-state index contributed by atoms with van der Waals surface area (Å²) >= 11 is 0. The quantitative estimate of drug-likeness (QED) is 0.435. The highest BCUT2D eigenvalue weighted by molar-refractivity contribution is 5.71. The minimum atomic E-state index is 0.395. The summed E-state index contributed by atoms with van der Waals surface area (Å²) in [5, 5.41) is 7.63. The number of hydrogen-bond donors (Lipinski definition) is 1. The highest BCUT2D eigenvalue weighted by Crippen LogP contribution is 2.34. The van der Waals surface area contributed by atoms with Gasteiger partial charge in [-0.25, -0.2) is 4.98 Å². The average Bonchev–Trinajstić information content (AvgIpc) is 3.32. The number of terminal acetylenes is 1. The Morgan fingerprint density at radius 3 is 2.55 bits per heavy atom. The Hall–Kier alpha value is -3.32. The van der Waals surface area contributed by atoms with Gasteiger partial charge in [-0.3, -0.25) is 5.10 Å². The smallest absolute Gasteiger partial charge is 0.181 e. The van der Waals surface area contributed by atoms with Gasteiger partial charge in [0.25, 0.3) is 0 Å². The number of nitrogens with one attached hydrogen (secondary N) is 1. The van der Waals surface area contributed by atoms with Crippen LogP contribution < -0.4 is 0 Å². The van der Waals surface area contributed by atoms with Gasteiger partial charge in [0.05, 0.1) is 0 Å². The molecule has 1 aromatic heterocycles. The zero-order valence-corrected chi connectivity index (χ0v) is 20.1. The van der Waals surface area contributed by atoms with Gasteiger partial charge in [-0.2, -0.15) is 5.10 Å². The van der Waals surface area contributed by atoms with Crippen molar-refractivity contribution in [3.8, 4) is 23.7 Å². The lowest BCUT2D eigenvalue weighted by atomic mass is 9.88. The van der Waals surface area contributed by atoms with Crippen molar-refractivity contribution in [2.75, 3.05) is 13.1 Å². The van der Waals surface area contributed by atoms with E-state index in [1.807, 2.05) is 12.1 Å². The van der Waals surface area contributed by atoms with Crippen molar-refractivity contribution in [1.82, 2.24) is 20.1 Å². The van der Waals surface area contributed by atoms with Crippen LogP contribution in [-0.4, -0.2) is 33.2 Å². The van der Waals surface area contributed by atoms with E-state index in [1.54, 1.807) is 0 Å². The number of H-pyrrole nitrogens is 1. The summed E-state index contributed by atoms with van der Waals surface area (Å²) in [7, 11) is 0. The van der Waals surface area contributed by atoms with E-state index >= 15 is 0 Å². The zero-order chi connectivity index (χ0) is 23.4. The molecule has 1 N–H and O–H groups in total. The molecule has 2 heterocycles. The molecule has 4 heteroatoms. The molecule has 0 spiro atoms. The largest absolute Gasteiger partial charge is 0.371 e. The van der Waals surface area contributed by atoms with Gasteiger partial charge in [-0.15, -0.1) is 6.42 Å². The molecule has 0 radical (unpaired) electrons. The number of piperidine rings is 1. The third-order valence-corrected chi connectivity index (χ3v) is 6.69. The van der Waals surface area contributed by atoms with Gasteiger partial charge in [0, 0.05) is 36.3 Å². The number of rotatable bonds is 7. The maximum absolute atomic E-state index is 5.50. The molecule has 33 heavy (non-hydrogen) atoms. The molecule has 170 valence electrons. The number of nitrogens with zero attached hydrogens (tertiary/aromatic N) is 3. The van der Waals surface area contributed by atoms with Crippen LogP contribution in [0.5, 0.6) is 0 Å². The van der Waals surface area contributed by atoms with E-state index < -0.39 is 0 Å². The molecule has 0 atom stereocenters. The van der Waals surface area contributed by atoms with E-state index in [4.69, 9.17) is 11.4 Å². The van der Waals surface area contributed by atoms with Crippen molar-refractivity contribution < 1.29 is 0 Å². The first-order valence-electron chi connectivity index (χ1n) is 12.1. The van der Waals surface area contributed by atoms with Crippen LogP contribution in [0.2, 0.25) is 0 Å². The molecule has 3 aromatic rings. The van der Waals surface area contributed by atoms with Gasteiger partial charge in [-0.1, -0.05) is 57.5 Å². The normalized spacial score (nSPS) is 14.5. The third-order valence-electron chi connectivity index (χ3n) is 6.69. The zero-order valence-electron chi connectivity index (χ0n) is 20.1. The number of aromatic nitrogens is 3. The van der Waals surface area contributed by atoms with Crippen LogP contribution in [0.3, 0.4) is 0 Å². The standard InChI is InChI=1S/C29H34N4/c1-6-8-28-30-29(32-31-28)27-19-25(13-14-26(27)20(3)4)21(5)33-17-15-24(16-18-33)23-11-9-22(7-2)10-12-23/h2,9-14,19-20,24H,5-6,8,15-18H2,1,3-4H3,(H,30,31,32). The lowest BCUT2D eigenvalue weighted by molar-refractivity contribution is 0.299. The Bertz CT molecular complexity index is 1140. The van der Waals surface area contributed by atoms with E-state index in [0.29, 0.717) is 11.8 Å². The topological polar surface area (TPSA) is 44.8 Å². The summed E-state index contributed by atoms with van der Waals surface area (Å²) in [5.41, 5.74) is 6.92. The van der Waals surface area contributed by atoms with Gasteiger partial charge < -0.3 is 4.90 Å². The molecule has 0 amide bonds. The van der Waals surface area contributed by atoms with Crippen molar-refractivity contribution in [2.24, 2.45) is 0 Å². The molecule has 1 aliphatic heterocycles. The van der Waals surface area contributed by atoms with Gasteiger partial charge in [0.15, 0.2) is 5.82 Å². The molecule has 4 nitrogen and oxygen atoms in total. The lowest BCUT2D eigenvalue weighted by Gasteiger charge is -2.35. The maximum atomic E-state index is 5.50. The van der Waals surface area contributed by atoms with Crippen molar-refractivity contribution >= 4 is 5.70 Å². The fourth-order valence-electron chi connectivity index (χ4n) is 4.71. The molecular weight excluding hydrogens is 404 g/mol. The van der Waals surface area contributed by atoms with Crippen LogP contribution in [0, 0.1) is 12.3 Å². The molecule has 1 saturated heterocycles. The SMILES string of the molecule is C#Cc1ccc(C2CCN(C(=C)c3ccc(C(C)C)c(-c4n[nH]c(CCC)n4)c3)CC2)cc1. The molecule has 2 aromatic carbocycles. The second-order valence-electron chi connectivity index (χ2n) is 9.29. The predicted octanol–water partition coefficient (Wildman–Crippen LogP) is 6.38. The predicted molar refractivity (Wildman–Crippen MR) is 137 cm³/mol. The van der Waals surface area contributed by atoms with Gasteiger partial charge >= 0.3 is 0 Å². The first kappa shape index (κ1) is 22.9. The average molecular weight is 439 g/mol. The van der Waals surface area contributed by atoms with Gasteiger partial charge in [0.2, 0.25) is 0 Å². The van der Waals surface area contributed by atoms with E-state index in [0.717, 1.165) is 72.8 Å². The first-order valence-corrected chi connectivity index (χ1v) is 12.1. The first-order chi connectivity index (χ1) is 16.0. The van der Waals surface area contributed by atoms with E-state index in [-0.39, 0.29) is 0 Å². The molecule has 1 aliphatic rings. The van der Waals surface area contributed by atoms with Crippen LogP contribution in [0.4, 0.5) is 0 Å². The summed E-state index contributed by atoms with van der Waals surface area (Å²) < 4.78 is 0. The highest BCUT2D eigenvalue weighted by atomic mass is 15.2. The second kappa shape index (κ2) is 10.1. The third kappa shape index (κ3) is 5.03. The fraction of sp³-hybridized carbons (Fsp3) is 0.379. The minimum Gasteiger partial charge on any atom is -0.371 e. The van der Waals surface area contributed by atoms with Crippen LogP contribution in [0.15, 0.2) is 49.0 Å². The fourth-order valence-corrected chi connectivity index (χ4v) is 4.71. The summed E-state index contributed by atoms with van der Waals surface area (Å²) in [6.45, 7) is 13.1. The van der Waals surface area contributed by atoms with Crippen molar-refractivity contribution in [2.45, 2.75) is 58.3 Å². The van der Waals surface area contributed by atoms with Gasteiger partial charge in [0.1, 0.15) is 5.82 Å². The molecule has 4 rings (SSSR count). The number of hydrogen-bond acceptors (Lipinski definition) is 3. The van der Waals surface area contributed by atoms with Crippen LogP contribution in [0.1, 0.15) is 79.9 Å². The Kier molecular flexibility index (Phi) is 6.99. The van der Waals surface area contributed by atoms with Crippen LogP contribution >= 0.6 is 0 Å². The molecule has 1 fully saturated rings. The highest BCUT2D eigenvalue weighted by Gasteiger charge is 2.23. The number of aryl methyl sites for hydroxylation is 1. The number of benzene rings is 2. The van der Waals surface area contributed by atoms with Gasteiger partial charge in [-0.05, 0) is 66.0 Å². The molecular formula is C29H34N4. The molecule has 0 bridgehead atoms. The monoisotopic (exact) mass is 438 g/mol. The Morgan fingerprint density at radius 1 is 1.18 bits per heavy atom. The Labute approximate surface area is 198 Å². The Morgan fingerprint density at radius 2 is 1.91 bits per heavy atom. The summed E-state index contributed by atoms with van der Waals surface area (Å²) in [5.74, 6) is 5.40. The van der Waals surface area contributed by atoms with Crippen molar-refractivity contribution in [1.29, 1.82) is 0 Å². The molecule has 0 saturated carbocycles. The summed E-state index contributed by atoms with van der Waals surface area (Å²) in [6.07, 6.45) is 9.69. The molecule has 0 unspecified atom stereocenters. The van der Waals surface area contributed by atoms with Crippen LogP contribution in [-0.2, 0) is 6.42 Å². The number of aromatic amines is 1. The van der Waals surface area contributed by atoms with Crippen molar-refractivity contribution in [3.63, 3.8) is 0 Å². The van der Waals surface area contributed by atoms with Crippen molar-refractivity contribution in [3.05, 3.63) is 77.1 Å². The second-order valence-corrected chi connectivity index (χ2v) is 9.29. The lowest BCUT2D eigenvalue weighted by Crippen LogP contribution is -2.31. The Balaban J connectivity index is 1.50. The minimum absolute atomic E-state index is 0.395.